The van der Waals surface area contributed by atoms with Crippen molar-refractivity contribution < 1.29 is 9.84 Å². The van der Waals surface area contributed by atoms with E-state index in [4.69, 9.17) is 16.3 Å². The zero-order valence-electron chi connectivity index (χ0n) is 15.5. The van der Waals surface area contributed by atoms with E-state index in [9.17, 15) is 5.11 Å². The van der Waals surface area contributed by atoms with Gasteiger partial charge in [-0.25, -0.2) is 9.97 Å². The van der Waals surface area contributed by atoms with Gasteiger partial charge in [-0.3, -0.25) is 0 Å². The Morgan fingerprint density at radius 3 is 2.74 bits per heavy atom. The first-order chi connectivity index (χ1) is 13.0. The van der Waals surface area contributed by atoms with Gasteiger partial charge in [0.05, 0.1) is 0 Å². The molecule has 1 aromatic carbocycles. The predicted molar refractivity (Wildman–Crippen MR) is 106 cm³/mol. The van der Waals surface area contributed by atoms with Crippen molar-refractivity contribution in [2.75, 3.05) is 18.0 Å². The third-order valence-corrected chi connectivity index (χ3v) is 5.52. The number of piperidine rings is 1. The minimum Gasteiger partial charge on any atom is -0.490 e. The summed E-state index contributed by atoms with van der Waals surface area (Å²) in [6.07, 6.45) is 4.05. The molecule has 1 aliphatic heterocycles. The van der Waals surface area contributed by atoms with Crippen LogP contribution in [0, 0.1) is 6.92 Å². The van der Waals surface area contributed by atoms with Crippen LogP contribution in [-0.4, -0.2) is 38.8 Å². The van der Waals surface area contributed by atoms with E-state index in [-0.39, 0.29) is 12.7 Å². The smallest absolute Gasteiger partial charge is 0.157 e. The second-order valence-corrected chi connectivity index (χ2v) is 7.35. The van der Waals surface area contributed by atoms with Crippen LogP contribution in [-0.2, 0) is 13.7 Å². The molecule has 0 atom stereocenters. The molecule has 3 heterocycles. The summed E-state index contributed by atoms with van der Waals surface area (Å²) in [4.78, 5) is 10.8. The highest BCUT2D eigenvalue weighted by Gasteiger charge is 2.24. The lowest BCUT2D eigenvalue weighted by Crippen LogP contribution is -2.39. The Bertz CT molecular complexity index is 964. The quantitative estimate of drug-likeness (QED) is 0.695. The molecule has 0 bridgehead atoms. The van der Waals surface area contributed by atoms with Crippen LogP contribution in [0.15, 0.2) is 30.5 Å². The highest BCUT2D eigenvalue weighted by atomic mass is 35.5. The summed E-state index contributed by atoms with van der Waals surface area (Å²) >= 11 is 6.19. The summed E-state index contributed by atoms with van der Waals surface area (Å²) in [5.74, 6) is 2.08. The number of anilines is 1. The van der Waals surface area contributed by atoms with Crippen molar-refractivity contribution in [1.29, 1.82) is 0 Å². The van der Waals surface area contributed by atoms with Gasteiger partial charge in [-0.1, -0.05) is 11.6 Å². The molecular formula is C20H23ClN4O2. The van der Waals surface area contributed by atoms with E-state index in [0.717, 1.165) is 43.1 Å². The Hall–Kier alpha value is -2.31. The molecule has 3 aromatic rings. The van der Waals surface area contributed by atoms with Crippen LogP contribution in [0.25, 0.3) is 10.9 Å². The highest BCUT2D eigenvalue weighted by Crippen LogP contribution is 2.28. The number of fused-ring (bicyclic) bond motifs is 1. The van der Waals surface area contributed by atoms with Gasteiger partial charge in [-0.2, -0.15) is 0 Å². The molecule has 4 rings (SSSR count). The first-order valence-electron chi connectivity index (χ1n) is 9.15. The summed E-state index contributed by atoms with van der Waals surface area (Å²) < 4.78 is 8.33. The van der Waals surface area contributed by atoms with E-state index in [0.29, 0.717) is 11.0 Å². The van der Waals surface area contributed by atoms with Crippen molar-refractivity contribution in [2.45, 2.75) is 32.5 Å². The van der Waals surface area contributed by atoms with Crippen molar-refractivity contribution in [3.05, 3.63) is 47.0 Å². The van der Waals surface area contributed by atoms with Crippen molar-refractivity contribution in [3.8, 4) is 5.75 Å². The molecule has 0 aliphatic carbocycles. The zero-order chi connectivity index (χ0) is 19.0. The Kier molecular flexibility index (Phi) is 4.93. The Labute approximate surface area is 163 Å². The van der Waals surface area contributed by atoms with Gasteiger partial charge in [0.25, 0.3) is 0 Å². The first kappa shape index (κ1) is 18.1. The van der Waals surface area contributed by atoms with Crippen LogP contribution in [0.1, 0.15) is 24.2 Å². The number of hydrogen-bond donors (Lipinski definition) is 1. The van der Waals surface area contributed by atoms with E-state index < -0.39 is 0 Å². The first-order valence-corrected chi connectivity index (χ1v) is 9.53. The van der Waals surface area contributed by atoms with Gasteiger partial charge in [-0.05, 0) is 31.2 Å². The van der Waals surface area contributed by atoms with Crippen molar-refractivity contribution in [3.63, 3.8) is 0 Å². The lowest BCUT2D eigenvalue weighted by Gasteiger charge is -2.34. The van der Waals surface area contributed by atoms with Gasteiger partial charge in [0.2, 0.25) is 0 Å². The molecule has 1 fully saturated rings. The molecule has 0 saturated carbocycles. The monoisotopic (exact) mass is 386 g/mol. The number of rotatable bonds is 4. The molecule has 1 saturated heterocycles. The van der Waals surface area contributed by atoms with E-state index in [1.165, 1.54) is 10.9 Å². The number of nitrogens with zero attached hydrogens (tertiary/aromatic N) is 4. The maximum atomic E-state index is 9.34. The maximum absolute atomic E-state index is 9.34. The number of aryl methyl sites for hydroxylation is 1. The molecule has 1 aliphatic rings. The molecule has 27 heavy (non-hydrogen) atoms. The number of aromatic nitrogens is 3. The Balaban J connectivity index is 1.43. The fraction of sp³-hybridized carbons (Fsp3) is 0.400. The molecule has 142 valence electrons. The van der Waals surface area contributed by atoms with Crippen molar-refractivity contribution in [1.82, 2.24) is 14.5 Å². The van der Waals surface area contributed by atoms with Crippen LogP contribution < -0.4 is 9.64 Å². The molecular weight excluding hydrogens is 364 g/mol. The fourth-order valence-corrected chi connectivity index (χ4v) is 3.79. The lowest BCUT2D eigenvalue weighted by atomic mass is 10.1. The minimum absolute atomic E-state index is 0.178. The van der Waals surface area contributed by atoms with E-state index in [2.05, 4.69) is 43.8 Å². The van der Waals surface area contributed by atoms with Crippen molar-refractivity contribution >= 4 is 28.3 Å². The van der Waals surface area contributed by atoms with Crippen LogP contribution in [0.3, 0.4) is 0 Å². The Morgan fingerprint density at radius 1 is 1.22 bits per heavy atom. The van der Waals surface area contributed by atoms with Crippen LogP contribution >= 0.6 is 11.6 Å². The van der Waals surface area contributed by atoms with Crippen molar-refractivity contribution in [2.24, 2.45) is 7.05 Å². The number of halogens is 1. The molecule has 0 amide bonds. The van der Waals surface area contributed by atoms with Crippen LogP contribution in [0.4, 0.5) is 5.82 Å². The highest BCUT2D eigenvalue weighted by molar-refractivity contribution is 6.30. The van der Waals surface area contributed by atoms with Gasteiger partial charge < -0.3 is 19.3 Å². The fourth-order valence-electron chi connectivity index (χ4n) is 3.61. The van der Waals surface area contributed by atoms with E-state index in [1.807, 2.05) is 20.0 Å². The topological polar surface area (TPSA) is 63.4 Å². The third kappa shape index (κ3) is 3.59. The SMILES string of the molecule is Cc1c(Cl)nc(CO)nc1N1CCC(Oc2ccc3c(ccn3C)c2)CC1. The maximum Gasteiger partial charge on any atom is 0.157 e. The standard InChI is InChI=1S/C20H23ClN4O2/c1-13-19(21)22-18(12-26)23-20(13)25-9-6-15(7-10-25)27-16-3-4-17-14(11-16)5-8-24(17)2/h3-5,8,11,15,26H,6-7,9-10,12H2,1-2H3. The summed E-state index contributed by atoms with van der Waals surface area (Å²) in [5.41, 5.74) is 2.05. The number of hydrogen-bond acceptors (Lipinski definition) is 5. The molecule has 7 heteroatoms. The summed E-state index contributed by atoms with van der Waals surface area (Å²) in [6.45, 7) is 3.36. The average molecular weight is 387 g/mol. The second-order valence-electron chi connectivity index (χ2n) is 6.99. The molecule has 2 aromatic heterocycles. The molecule has 0 unspecified atom stereocenters. The van der Waals surface area contributed by atoms with E-state index in [1.54, 1.807) is 0 Å². The minimum atomic E-state index is -0.214. The van der Waals surface area contributed by atoms with Gasteiger partial charge in [0.1, 0.15) is 29.4 Å². The zero-order valence-corrected chi connectivity index (χ0v) is 16.3. The number of benzene rings is 1. The molecule has 0 radical (unpaired) electrons. The summed E-state index contributed by atoms with van der Waals surface area (Å²) in [6, 6.07) is 8.34. The third-order valence-electron chi connectivity index (χ3n) is 5.15. The van der Waals surface area contributed by atoms with Gasteiger partial charge in [0, 0.05) is 55.6 Å². The molecule has 6 nitrogen and oxygen atoms in total. The molecule has 0 spiro atoms. The van der Waals surface area contributed by atoms with Gasteiger partial charge in [-0.15, -0.1) is 0 Å². The van der Waals surface area contributed by atoms with E-state index >= 15 is 0 Å². The van der Waals surface area contributed by atoms with Gasteiger partial charge in [0.15, 0.2) is 5.82 Å². The second kappa shape index (κ2) is 7.37. The van der Waals surface area contributed by atoms with Crippen LogP contribution in [0.5, 0.6) is 5.75 Å². The van der Waals surface area contributed by atoms with Gasteiger partial charge >= 0.3 is 0 Å². The Morgan fingerprint density at radius 2 is 2.00 bits per heavy atom. The van der Waals surface area contributed by atoms with Crippen LogP contribution in [0.2, 0.25) is 5.15 Å². The summed E-state index contributed by atoms with van der Waals surface area (Å²) in [7, 11) is 2.04. The average Bonchev–Trinajstić information content (AvgIpc) is 3.05. The largest absolute Gasteiger partial charge is 0.490 e. The normalized spacial score (nSPS) is 15.5. The summed E-state index contributed by atoms with van der Waals surface area (Å²) in [5, 5.41) is 10.9. The molecule has 1 N–H and O–H groups in total. The number of ether oxygens (including phenoxy) is 1. The lowest BCUT2D eigenvalue weighted by molar-refractivity contribution is 0.171. The number of aliphatic hydroxyl groups excluding tert-OH is 1. The number of aliphatic hydroxyl groups is 1. The predicted octanol–water partition coefficient (Wildman–Crippen LogP) is 3.47.